The Balaban J connectivity index is 1.95. The zero-order valence-electron chi connectivity index (χ0n) is 11.1. The molecule has 0 bridgehead atoms. The van der Waals surface area contributed by atoms with E-state index in [9.17, 15) is 4.79 Å². The maximum atomic E-state index is 12.2. The van der Waals surface area contributed by atoms with E-state index < -0.39 is 0 Å². The molecule has 2 aromatic carbocycles. The lowest BCUT2D eigenvalue weighted by Crippen LogP contribution is -2.32. The molecule has 19 heavy (non-hydrogen) atoms. The van der Waals surface area contributed by atoms with Crippen molar-refractivity contribution in [2.24, 2.45) is 0 Å². The minimum Gasteiger partial charge on any atom is -0.325 e. The third-order valence-electron chi connectivity index (χ3n) is 3.76. The summed E-state index contributed by atoms with van der Waals surface area (Å²) >= 11 is 0. The van der Waals surface area contributed by atoms with Crippen LogP contribution in [0.1, 0.15) is 18.4 Å². The van der Waals surface area contributed by atoms with Crippen LogP contribution in [0.15, 0.2) is 36.4 Å². The van der Waals surface area contributed by atoms with Gasteiger partial charge in [0.05, 0.1) is 5.69 Å². The number of nitrogens with one attached hydrogen (secondary N) is 1. The number of anilines is 1. The van der Waals surface area contributed by atoms with E-state index in [0.29, 0.717) is 0 Å². The van der Waals surface area contributed by atoms with Crippen molar-refractivity contribution in [3.8, 4) is 0 Å². The summed E-state index contributed by atoms with van der Waals surface area (Å²) in [4.78, 5) is 14.1. The van der Waals surface area contributed by atoms with E-state index in [4.69, 9.17) is 0 Å². The highest BCUT2D eigenvalue weighted by molar-refractivity contribution is 6.02. The van der Waals surface area contributed by atoms with E-state index >= 15 is 0 Å². The second kappa shape index (κ2) is 4.92. The Morgan fingerprint density at radius 2 is 1.84 bits per heavy atom. The molecule has 0 atom stereocenters. The molecule has 2 amide bonds. The summed E-state index contributed by atoms with van der Waals surface area (Å²) in [6.07, 6.45) is 2.23. The van der Waals surface area contributed by atoms with Crippen LogP contribution in [0.3, 0.4) is 0 Å². The molecule has 1 aliphatic heterocycles. The molecule has 3 rings (SSSR count). The Kier molecular flexibility index (Phi) is 3.11. The van der Waals surface area contributed by atoms with Crippen molar-refractivity contribution in [3.05, 3.63) is 42.0 Å². The smallest absolute Gasteiger partial charge is 0.321 e. The number of urea groups is 1. The Labute approximate surface area is 113 Å². The molecule has 0 spiro atoms. The van der Waals surface area contributed by atoms with E-state index in [-0.39, 0.29) is 6.03 Å². The number of carbonyl (C=O) groups is 1. The number of nitrogens with zero attached hydrogens (tertiary/aromatic N) is 1. The summed E-state index contributed by atoms with van der Waals surface area (Å²) in [6.45, 7) is 3.78. The number of rotatable bonds is 1. The van der Waals surface area contributed by atoms with Crippen LogP contribution in [-0.2, 0) is 0 Å². The quantitative estimate of drug-likeness (QED) is 0.825. The van der Waals surface area contributed by atoms with Gasteiger partial charge in [-0.3, -0.25) is 0 Å². The van der Waals surface area contributed by atoms with Crippen LogP contribution in [-0.4, -0.2) is 24.0 Å². The Morgan fingerprint density at radius 1 is 1.11 bits per heavy atom. The minimum atomic E-state index is 0.0250. The van der Waals surface area contributed by atoms with E-state index in [1.54, 1.807) is 0 Å². The van der Waals surface area contributed by atoms with E-state index in [1.807, 2.05) is 24.0 Å². The van der Waals surface area contributed by atoms with Crippen LogP contribution in [0, 0.1) is 6.92 Å². The molecule has 1 saturated heterocycles. The predicted octanol–water partition coefficient (Wildman–Crippen LogP) is 3.78. The van der Waals surface area contributed by atoms with E-state index in [1.165, 1.54) is 0 Å². The number of amides is 2. The van der Waals surface area contributed by atoms with Gasteiger partial charge in [0.15, 0.2) is 0 Å². The molecule has 1 heterocycles. The molecule has 0 saturated carbocycles. The van der Waals surface area contributed by atoms with Crippen molar-refractivity contribution < 1.29 is 4.79 Å². The second-order valence-corrected chi connectivity index (χ2v) is 5.10. The van der Waals surface area contributed by atoms with Gasteiger partial charge in [-0.15, -0.1) is 0 Å². The van der Waals surface area contributed by atoms with Crippen molar-refractivity contribution in [1.82, 2.24) is 4.90 Å². The highest BCUT2D eigenvalue weighted by Crippen LogP contribution is 2.27. The summed E-state index contributed by atoms with van der Waals surface area (Å²) < 4.78 is 0. The SMILES string of the molecule is Cc1ccc2ccccc2c1NC(=O)N1CCCC1. The molecular formula is C16H18N2O. The third kappa shape index (κ3) is 2.28. The number of hydrogen-bond acceptors (Lipinski definition) is 1. The van der Waals surface area contributed by atoms with Crippen molar-refractivity contribution >= 4 is 22.5 Å². The van der Waals surface area contributed by atoms with Crippen molar-refractivity contribution in [2.75, 3.05) is 18.4 Å². The van der Waals surface area contributed by atoms with Crippen LogP contribution < -0.4 is 5.32 Å². The van der Waals surface area contributed by atoms with Crippen LogP contribution in [0.25, 0.3) is 10.8 Å². The number of likely N-dealkylation sites (tertiary alicyclic amines) is 1. The molecule has 1 N–H and O–H groups in total. The number of carbonyl (C=O) groups excluding carboxylic acids is 1. The van der Waals surface area contributed by atoms with Gasteiger partial charge in [-0.25, -0.2) is 4.79 Å². The van der Waals surface area contributed by atoms with Crippen LogP contribution >= 0.6 is 0 Å². The molecule has 1 aliphatic rings. The van der Waals surface area contributed by atoms with Gasteiger partial charge >= 0.3 is 6.03 Å². The zero-order chi connectivity index (χ0) is 13.2. The van der Waals surface area contributed by atoms with Crippen LogP contribution in [0.2, 0.25) is 0 Å². The topological polar surface area (TPSA) is 32.3 Å². The number of hydrogen-bond donors (Lipinski definition) is 1. The summed E-state index contributed by atoms with van der Waals surface area (Å²) in [5.74, 6) is 0. The summed E-state index contributed by atoms with van der Waals surface area (Å²) in [5, 5.41) is 5.35. The maximum Gasteiger partial charge on any atom is 0.321 e. The highest BCUT2D eigenvalue weighted by Gasteiger charge is 2.18. The highest BCUT2D eigenvalue weighted by atomic mass is 16.2. The van der Waals surface area contributed by atoms with Crippen molar-refractivity contribution in [1.29, 1.82) is 0 Å². The number of fused-ring (bicyclic) bond motifs is 1. The van der Waals surface area contributed by atoms with Gasteiger partial charge in [0, 0.05) is 18.5 Å². The fourth-order valence-electron chi connectivity index (χ4n) is 2.65. The number of aryl methyl sites for hydroxylation is 1. The molecule has 0 unspecified atom stereocenters. The number of benzene rings is 2. The fourth-order valence-corrected chi connectivity index (χ4v) is 2.65. The summed E-state index contributed by atoms with van der Waals surface area (Å²) in [6, 6.07) is 12.3. The first-order valence-electron chi connectivity index (χ1n) is 6.80. The van der Waals surface area contributed by atoms with Gasteiger partial charge in [-0.05, 0) is 30.7 Å². The van der Waals surface area contributed by atoms with Gasteiger partial charge < -0.3 is 10.2 Å². The monoisotopic (exact) mass is 254 g/mol. The zero-order valence-corrected chi connectivity index (χ0v) is 11.1. The average molecular weight is 254 g/mol. The molecule has 3 nitrogen and oxygen atoms in total. The van der Waals surface area contributed by atoms with Crippen molar-refractivity contribution in [3.63, 3.8) is 0 Å². The Hall–Kier alpha value is -2.03. The standard InChI is InChI=1S/C16H18N2O/c1-12-8-9-13-6-2-3-7-14(13)15(12)17-16(19)18-10-4-5-11-18/h2-3,6-9H,4-5,10-11H2,1H3,(H,17,19). The predicted molar refractivity (Wildman–Crippen MR) is 78.5 cm³/mol. The van der Waals surface area contributed by atoms with Crippen LogP contribution in [0.5, 0.6) is 0 Å². The maximum absolute atomic E-state index is 12.2. The normalized spacial score (nSPS) is 14.9. The minimum absolute atomic E-state index is 0.0250. The Bertz CT molecular complexity index is 615. The Morgan fingerprint density at radius 3 is 2.63 bits per heavy atom. The van der Waals surface area contributed by atoms with E-state index in [0.717, 1.165) is 48.0 Å². The molecule has 0 radical (unpaired) electrons. The lowest BCUT2D eigenvalue weighted by atomic mass is 10.0. The summed E-state index contributed by atoms with van der Waals surface area (Å²) in [5.41, 5.74) is 2.04. The summed E-state index contributed by atoms with van der Waals surface area (Å²) in [7, 11) is 0. The van der Waals surface area contributed by atoms with Crippen molar-refractivity contribution in [2.45, 2.75) is 19.8 Å². The molecule has 98 valence electrons. The van der Waals surface area contributed by atoms with Gasteiger partial charge in [0.2, 0.25) is 0 Å². The fraction of sp³-hybridized carbons (Fsp3) is 0.312. The average Bonchev–Trinajstić information content (AvgIpc) is 2.96. The lowest BCUT2D eigenvalue weighted by Gasteiger charge is -2.18. The molecule has 2 aromatic rings. The molecule has 0 aromatic heterocycles. The van der Waals surface area contributed by atoms with Gasteiger partial charge in [0.1, 0.15) is 0 Å². The molecular weight excluding hydrogens is 236 g/mol. The first-order chi connectivity index (χ1) is 9.25. The largest absolute Gasteiger partial charge is 0.325 e. The van der Waals surface area contributed by atoms with Gasteiger partial charge in [-0.1, -0.05) is 36.4 Å². The molecule has 1 fully saturated rings. The first kappa shape index (κ1) is 12.0. The van der Waals surface area contributed by atoms with E-state index in [2.05, 4.69) is 29.6 Å². The van der Waals surface area contributed by atoms with Crippen LogP contribution in [0.4, 0.5) is 10.5 Å². The molecule has 0 aliphatic carbocycles. The van der Waals surface area contributed by atoms with Gasteiger partial charge in [0.25, 0.3) is 0 Å². The third-order valence-corrected chi connectivity index (χ3v) is 3.76. The first-order valence-corrected chi connectivity index (χ1v) is 6.80. The lowest BCUT2D eigenvalue weighted by molar-refractivity contribution is 0.222. The second-order valence-electron chi connectivity index (χ2n) is 5.10. The van der Waals surface area contributed by atoms with Gasteiger partial charge in [-0.2, -0.15) is 0 Å². The molecule has 3 heteroatoms.